The molecule has 1 heterocycles. The van der Waals surface area contributed by atoms with E-state index in [1.165, 1.54) is 0 Å². The Bertz CT molecular complexity index is 796. The Morgan fingerprint density at radius 1 is 1.00 bits per heavy atom. The predicted molar refractivity (Wildman–Crippen MR) is 111 cm³/mol. The van der Waals surface area contributed by atoms with Crippen molar-refractivity contribution in [2.75, 3.05) is 26.7 Å². The number of carbonyl (C=O) groups is 1. The summed E-state index contributed by atoms with van der Waals surface area (Å²) in [4.78, 5) is 20.3. The quantitative estimate of drug-likeness (QED) is 0.274. The van der Waals surface area contributed by atoms with E-state index in [1.807, 2.05) is 6.07 Å². The van der Waals surface area contributed by atoms with Crippen molar-refractivity contribution >= 4 is 46.7 Å². The Balaban J connectivity index is 1.67. The number of hydrogen-bond acceptors (Lipinski definition) is 3. The minimum atomic E-state index is -0.214. The van der Waals surface area contributed by atoms with Crippen LogP contribution in [0.4, 0.5) is 0 Å². The molecule has 0 bridgehead atoms. The van der Waals surface area contributed by atoms with Gasteiger partial charge in [0.15, 0.2) is 5.96 Å². The fraction of sp³-hybridized carbons (Fsp3) is 0.278. The summed E-state index contributed by atoms with van der Waals surface area (Å²) in [7, 11) is 1.69. The van der Waals surface area contributed by atoms with E-state index in [4.69, 9.17) is 34.8 Å². The molecule has 0 spiro atoms. The fourth-order valence-electron chi connectivity index (χ4n) is 2.20. The monoisotopic (exact) mass is 427 g/mol. The fourth-order valence-corrected chi connectivity index (χ4v) is 2.61. The van der Waals surface area contributed by atoms with Crippen LogP contribution >= 0.6 is 34.8 Å². The van der Waals surface area contributed by atoms with Crippen LogP contribution in [-0.2, 0) is 6.42 Å². The van der Waals surface area contributed by atoms with Crippen molar-refractivity contribution in [3.8, 4) is 0 Å². The zero-order chi connectivity index (χ0) is 19.6. The Kier molecular flexibility index (Phi) is 8.64. The second-order valence-corrected chi connectivity index (χ2v) is 6.75. The molecule has 0 aliphatic carbocycles. The average Bonchev–Trinajstić information content (AvgIpc) is 2.67. The first-order valence-corrected chi connectivity index (χ1v) is 9.41. The number of rotatable bonds is 7. The topological polar surface area (TPSA) is 78.4 Å². The summed E-state index contributed by atoms with van der Waals surface area (Å²) in [5.74, 6) is 0.439. The minimum Gasteiger partial charge on any atom is -0.356 e. The van der Waals surface area contributed by atoms with Gasteiger partial charge in [0.05, 0.1) is 10.0 Å². The number of hydrogen-bond donors (Lipinski definition) is 3. The number of halogens is 3. The summed E-state index contributed by atoms with van der Waals surface area (Å²) in [5.41, 5.74) is 1.54. The number of carbonyl (C=O) groups excluding carboxylic acids is 1. The van der Waals surface area contributed by atoms with E-state index in [0.29, 0.717) is 46.4 Å². The number of nitrogens with one attached hydrogen (secondary N) is 3. The van der Waals surface area contributed by atoms with Crippen molar-refractivity contribution < 1.29 is 4.79 Å². The minimum absolute atomic E-state index is 0.214. The standard InChI is InChI=1S/C18H20Cl3N5O/c1-22-18(24-7-6-12-2-5-16(21)26-11-12)25-9-8-23-17(27)13-3-4-14(19)15(20)10-13/h2-5,10-11H,6-9H2,1H3,(H,23,27)(H2,22,24,25). The Hall–Kier alpha value is -2.02. The van der Waals surface area contributed by atoms with E-state index in [2.05, 4.69) is 25.9 Å². The molecule has 9 heteroatoms. The normalized spacial score (nSPS) is 11.2. The molecule has 0 aliphatic rings. The molecule has 144 valence electrons. The van der Waals surface area contributed by atoms with Crippen LogP contribution in [-0.4, -0.2) is 43.5 Å². The molecule has 0 aliphatic heterocycles. The first-order chi connectivity index (χ1) is 13.0. The van der Waals surface area contributed by atoms with E-state index < -0.39 is 0 Å². The van der Waals surface area contributed by atoms with Crippen molar-refractivity contribution in [3.63, 3.8) is 0 Å². The molecule has 1 aromatic heterocycles. The van der Waals surface area contributed by atoms with E-state index in [1.54, 1.807) is 37.5 Å². The van der Waals surface area contributed by atoms with Gasteiger partial charge in [-0.2, -0.15) is 0 Å². The van der Waals surface area contributed by atoms with Crippen LogP contribution < -0.4 is 16.0 Å². The third kappa shape index (κ3) is 7.25. The summed E-state index contributed by atoms with van der Waals surface area (Å²) in [5, 5.41) is 10.4. The largest absolute Gasteiger partial charge is 0.356 e. The van der Waals surface area contributed by atoms with Crippen molar-refractivity contribution in [1.29, 1.82) is 0 Å². The first-order valence-electron chi connectivity index (χ1n) is 8.28. The highest BCUT2D eigenvalue weighted by molar-refractivity contribution is 6.42. The molecule has 6 nitrogen and oxygen atoms in total. The van der Waals surface area contributed by atoms with Crippen molar-refractivity contribution in [1.82, 2.24) is 20.9 Å². The molecule has 0 radical (unpaired) electrons. The van der Waals surface area contributed by atoms with Crippen molar-refractivity contribution in [3.05, 3.63) is 62.9 Å². The Morgan fingerprint density at radius 2 is 1.74 bits per heavy atom. The second-order valence-electron chi connectivity index (χ2n) is 5.55. The van der Waals surface area contributed by atoms with Crippen LogP contribution in [0.5, 0.6) is 0 Å². The third-order valence-corrected chi connectivity index (χ3v) is 4.57. The summed E-state index contributed by atoms with van der Waals surface area (Å²) in [6.45, 7) is 1.65. The van der Waals surface area contributed by atoms with Gasteiger partial charge >= 0.3 is 0 Å². The number of guanidine groups is 1. The lowest BCUT2D eigenvalue weighted by atomic mass is 10.2. The number of nitrogens with zero attached hydrogens (tertiary/aromatic N) is 2. The van der Waals surface area contributed by atoms with E-state index >= 15 is 0 Å². The van der Waals surface area contributed by atoms with E-state index in [0.717, 1.165) is 12.0 Å². The molecule has 0 unspecified atom stereocenters. The Morgan fingerprint density at radius 3 is 2.41 bits per heavy atom. The maximum absolute atomic E-state index is 12.1. The summed E-state index contributed by atoms with van der Waals surface area (Å²) in [6.07, 6.45) is 2.54. The van der Waals surface area contributed by atoms with Crippen LogP contribution in [0.2, 0.25) is 15.2 Å². The molecule has 27 heavy (non-hydrogen) atoms. The smallest absolute Gasteiger partial charge is 0.251 e. The lowest BCUT2D eigenvalue weighted by Crippen LogP contribution is -2.42. The van der Waals surface area contributed by atoms with Gasteiger partial charge in [0.1, 0.15) is 5.15 Å². The highest BCUT2D eigenvalue weighted by atomic mass is 35.5. The van der Waals surface area contributed by atoms with Gasteiger partial charge in [-0.15, -0.1) is 0 Å². The van der Waals surface area contributed by atoms with Crippen molar-refractivity contribution in [2.24, 2.45) is 4.99 Å². The van der Waals surface area contributed by atoms with Crippen LogP contribution in [0.1, 0.15) is 15.9 Å². The molecule has 2 rings (SSSR count). The van der Waals surface area contributed by atoms with Gasteiger partial charge in [-0.25, -0.2) is 4.98 Å². The molecule has 2 aromatic rings. The highest BCUT2D eigenvalue weighted by Gasteiger charge is 2.07. The molecule has 0 fully saturated rings. The zero-order valence-electron chi connectivity index (χ0n) is 14.7. The van der Waals surface area contributed by atoms with E-state index in [-0.39, 0.29) is 5.91 Å². The van der Waals surface area contributed by atoms with Crippen molar-refractivity contribution in [2.45, 2.75) is 6.42 Å². The Labute approximate surface area is 173 Å². The van der Waals surface area contributed by atoms with Crippen LogP contribution in [0.25, 0.3) is 0 Å². The molecule has 0 saturated heterocycles. The number of aromatic nitrogens is 1. The van der Waals surface area contributed by atoms with Crippen LogP contribution in [0.15, 0.2) is 41.5 Å². The number of pyridine rings is 1. The van der Waals surface area contributed by atoms with Gasteiger partial charge in [-0.05, 0) is 36.2 Å². The third-order valence-electron chi connectivity index (χ3n) is 3.60. The predicted octanol–water partition coefficient (Wildman–Crippen LogP) is 3.18. The van der Waals surface area contributed by atoms with Crippen LogP contribution in [0, 0.1) is 0 Å². The first kappa shape index (κ1) is 21.3. The van der Waals surface area contributed by atoms with Gasteiger partial charge in [-0.1, -0.05) is 40.9 Å². The molecular weight excluding hydrogens is 409 g/mol. The van der Waals surface area contributed by atoms with Gasteiger partial charge in [0.2, 0.25) is 0 Å². The summed E-state index contributed by atoms with van der Waals surface area (Å²) >= 11 is 17.5. The lowest BCUT2D eigenvalue weighted by molar-refractivity contribution is 0.0954. The zero-order valence-corrected chi connectivity index (χ0v) is 17.0. The SMILES string of the molecule is CN=C(NCCNC(=O)c1ccc(Cl)c(Cl)c1)NCCc1ccc(Cl)nc1. The summed E-state index contributed by atoms with van der Waals surface area (Å²) in [6, 6.07) is 8.47. The molecule has 1 aromatic carbocycles. The molecule has 0 saturated carbocycles. The van der Waals surface area contributed by atoms with Gasteiger partial charge < -0.3 is 16.0 Å². The maximum atomic E-state index is 12.1. The lowest BCUT2D eigenvalue weighted by Gasteiger charge is -2.12. The second kappa shape index (κ2) is 11.0. The van der Waals surface area contributed by atoms with E-state index in [9.17, 15) is 4.79 Å². The number of amides is 1. The van der Waals surface area contributed by atoms with Crippen LogP contribution in [0.3, 0.4) is 0 Å². The summed E-state index contributed by atoms with van der Waals surface area (Å²) < 4.78 is 0. The molecule has 3 N–H and O–H groups in total. The number of benzene rings is 1. The maximum Gasteiger partial charge on any atom is 0.251 e. The van der Waals surface area contributed by atoms with Gasteiger partial charge in [0.25, 0.3) is 5.91 Å². The highest BCUT2D eigenvalue weighted by Crippen LogP contribution is 2.22. The van der Waals surface area contributed by atoms with Gasteiger partial charge in [0, 0.05) is 38.4 Å². The average molecular weight is 429 g/mol. The molecular formula is C18H20Cl3N5O. The molecule has 0 atom stereocenters. The van der Waals surface area contributed by atoms with Gasteiger partial charge in [-0.3, -0.25) is 9.79 Å². The number of aliphatic imine (C=N–C) groups is 1. The molecule has 1 amide bonds.